The highest BCUT2D eigenvalue weighted by Crippen LogP contribution is 2.26. The molecule has 0 amide bonds. The summed E-state index contributed by atoms with van der Waals surface area (Å²) in [6.45, 7) is 0. The van der Waals surface area contributed by atoms with Gasteiger partial charge < -0.3 is 0 Å². The maximum absolute atomic E-state index is 13.5. The van der Waals surface area contributed by atoms with E-state index in [9.17, 15) is 4.39 Å². The highest BCUT2D eigenvalue weighted by Gasteiger charge is 2.12. The van der Waals surface area contributed by atoms with Crippen molar-refractivity contribution in [3.8, 4) is 0 Å². The smallest absolute Gasteiger partial charge is 0.136 e. The van der Waals surface area contributed by atoms with E-state index in [0.717, 1.165) is 16.6 Å². The highest BCUT2D eigenvalue weighted by molar-refractivity contribution is 9.10. The molecule has 3 N–H and O–H groups in total. The first-order chi connectivity index (χ1) is 9.20. The predicted molar refractivity (Wildman–Crippen MR) is 84.0 cm³/mol. The lowest BCUT2D eigenvalue weighted by molar-refractivity contribution is 0.576. The molecule has 2 aromatic rings. The van der Waals surface area contributed by atoms with Gasteiger partial charge in [0.25, 0.3) is 0 Å². The predicted octanol–water partition coefficient (Wildman–Crippen LogP) is 3.82. The summed E-state index contributed by atoms with van der Waals surface area (Å²) in [5.74, 6) is 6.12. The lowest BCUT2D eigenvalue weighted by atomic mass is 10.2. The molecule has 0 aliphatic carbocycles. The van der Waals surface area contributed by atoms with Crippen LogP contribution in [0, 0.1) is 5.82 Å². The SMILES string of the molecule is NNC(CSc1ccccc1F)Cc1sccc1Br. The molecule has 1 atom stereocenters. The van der Waals surface area contributed by atoms with Crippen LogP contribution in [0.1, 0.15) is 4.88 Å². The number of nitrogens with one attached hydrogen (secondary N) is 1. The number of hydrogen-bond acceptors (Lipinski definition) is 4. The Balaban J connectivity index is 1.93. The number of nitrogens with two attached hydrogens (primary N) is 1. The Morgan fingerprint density at radius 1 is 1.37 bits per heavy atom. The van der Waals surface area contributed by atoms with Gasteiger partial charge in [-0.3, -0.25) is 11.3 Å². The maximum atomic E-state index is 13.5. The monoisotopic (exact) mass is 360 g/mol. The van der Waals surface area contributed by atoms with Crippen LogP contribution in [-0.2, 0) is 6.42 Å². The van der Waals surface area contributed by atoms with Gasteiger partial charge in [0, 0.05) is 32.5 Å². The van der Waals surface area contributed by atoms with Gasteiger partial charge in [0.05, 0.1) is 0 Å². The van der Waals surface area contributed by atoms with Crippen molar-refractivity contribution in [2.24, 2.45) is 5.84 Å². The number of thioether (sulfide) groups is 1. The van der Waals surface area contributed by atoms with Crippen molar-refractivity contribution in [2.45, 2.75) is 17.4 Å². The van der Waals surface area contributed by atoms with Crippen LogP contribution in [0.2, 0.25) is 0 Å². The Hall–Kier alpha value is -0.400. The third-order valence-electron chi connectivity index (χ3n) is 2.64. The molecule has 2 rings (SSSR count). The minimum absolute atomic E-state index is 0.111. The van der Waals surface area contributed by atoms with E-state index in [-0.39, 0.29) is 11.9 Å². The van der Waals surface area contributed by atoms with Crippen molar-refractivity contribution in [2.75, 3.05) is 5.75 Å². The molecule has 1 unspecified atom stereocenters. The van der Waals surface area contributed by atoms with E-state index in [2.05, 4.69) is 21.4 Å². The Labute approximate surface area is 128 Å². The van der Waals surface area contributed by atoms with E-state index in [1.165, 1.54) is 22.7 Å². The van der Waals surface area contributed by atoms with Gasteiger partial charge in [0.2, 0.25) is 0 Å². The van der Waals surface area contributed by atoms with Crippen LogP contribution in [0.25, 0.3) is 0 Å². The molecule has 1 aromatic carbocycles. The first-order valence-electron chi connectivity index (χ1n) is 5.76. The van der Waals surface area contributed by atoms with Gasteiger partial charge in [-0.15, -0.1) is 23.1 Å². The molecule has 2 nitrogen and oxygen atoms in total. The molecule has 1 aromatic heterocycles. The molecule has 102 valence electrons. The number of benzene rings is 1. The Kier molecular flexibility index (Phi) is 5.84. The van der Waals surface area contributed by atoms with Crippen LogP contribution >= 0.6 is 39.0 Å². The van der Waals surface area contributed by atoms with Crippen molar-refractivity contribution < 1.29 is 4.39 Å². The number of thiophene rings is 1. The first kappa shape index (κ1) is 15.0. The standard InChI is InChI=1S/C13H14BrFN2S2/c14-10-5-6-18-13(10)7-9(17-16)8-19-12-4-2-1-3-11(12)15/h1-6,9,17H,7-8,16H2. The molecule has 0 saturated carbocycles. The fourth-order valence-electron chi connectivity index (χ4n) is 1.61. The fraction of sp³-hybridized carbons (Fsp3) is 0.231. The van der Waals surface area contributed by atoms with Gasteiger partial charge in [-0.05, 0) is 39.5 Å². The second-order valence-electron chi connectivity index (χ2n) is 4.00. The fourth-order valence-corrected chi connectivity index (χ4v) is 4.18. The molecule has 1 heterocycles. The number of halogens is 2. The average molecular weight is 361 g/mol. The molecule has 0 bridgehead atoms. The Morgan fingerprint density at radius 2 is 2.16 bits per heavy atom. The third kappa shape index (κ3) is 4.29. The molecule has 0 spiro atoms. The molecule has 19 heavy (non-hydrogen) atoms. The van der Waals surface area contributed by atoms with Crippen LogP contribution in [0.5, 0.6) is 0 Å². The lowest BCUT2D eigenvalue weighted by Crippen LogP contribution is -2.38. The summed E-state index contributed by atoms with van der Waals surface area (Å²) in [7, 11) is 0. The van der Waals surface area contributed by atoms with Gasteiger partial charge in [0.1, 0.15) is 5.82 Å². The Bertz CT molecular complexity index is 533. The van der Waals surface area contributed by atoms with Gasteiger partial charge >= 0.3 is 0 Å². The molecular weight excluding hydrogens is 347 g/mol. The van der Waals surface area contributed by atoms with Crippen LogP contribution in [0.3, 0.4) is 0 Å². The summed E-state index contributed by atoms with van der Waals surface area (Å²) in [5.41, 5.74) is 2.80. The van der Waals surface area contributed by atoms with E-state index >= 15 is 0 Å². The van der Waals surface area contributed by atoms with Crippen LogP contribution < -0.4 is 11.3 Å². The van der Waals surface area contributed by atoms with Crippen molar-refractivity contribution in [1.29, 1.82) is 0 Å². The molecule has 0 fully saturated rings. The minimum atomic E-state index is -0.180. The zero-order valence-electron chi connectivity index (χ0n) is 10.1. The molecule has 0 aliphatic rings. The first-order valence-corrected chi connectivity index (χ1v) is 8.42. The van der Waals surface area contributed by atoms with E-state index in [4.69, 9.17) is 5.84 Å². The van der Waals surface area contributed by atoms with Gasteiger partial charge in [-0.2, -0.15) is 0 Å². The topological polar surface area (TPSA) is 38.0 Å². The largest absolute Gasteiger partial charge is 0.271 e. The minimum Gasteiger partial charge on any atom is -0.271 e. The van der Waals surface area contributed by atoms with Gasteiger partial charge in [0.15, 0.2) is 0 Å². The highest BCUT2D eigenvalue weighted by atomic mass is 79.9. The second-order valence-corrected chi connectivity index (χ2v) is 6.92. The lowest BCUT2D eigenvalue weighted by Gasteiger charge is -2.15. The number of rotatable bonds is 6. The van der Waals surface area contributed by atoms with Crippen molar-refractivity contribution >= 4 is 39.0 Å². The van der Waals surface area contributed by atoms with Crippen LogP contribution in [0.4, 0.5) is 4.39 Å². The van der Waals surface area contributed by atoms with Crippen molar-refractivity contribution in [3.63, 3.8) is 0 Å². The zero-order chi connectivity index (χ0) is 13.7. The summed E-state index contributed by atoms with van der Waals surface area (Å²) < 4.78 is 14.6. The van der Waals surface area contributed by atoms with E-state index in [1.54, 1.807) is 23.5 Å². The van der Waals surface area contributed by atoms with Gasteiger partial charge in [-0.25, -0.2) is 4.39 Å². The number of hydrogen-bond donors (Lipinski definition) is 2. The maximum Gasteiger partial charge on any atom is 0.136 e. The average Bonchev–Trinajstić information content (AvgIpc) is 2.81. The van der Waals surface area contributed by atoms with Crippen molar-refractivity contribution in [1.82, 2.24) is 5.43 Å². The van der Waals surface area contributed by atoms with Crippen LogP contribution in [0.15, 0.2) is 45.1 Å². The summed E-state index contributed by atoms with van der Waals surface area (Å²) in [4.78, 5) is 1.91. The number of hydrazine groups is 1. The molecule has 6 heteroatoms. The van der Waals surface area contributed by atoms with Crippen molar-refractivity contribution in [3.05, 3.63) is 50.9 Å². The van der Waals surface area contributed by atoms with E-state index < -0.39 is 0 Å². The quantitative estimate of drug-likeness (QED) is 0.467. The zero-order valence-corrected chi connectivity index (χ0v) is 13.3. The summed E-state index contributed by atoms with van der Waals surface area (Å²) in [6, 6.07) is 8.93. The molecular formula is C13H14BrFN2S2. The van der Waals surface area contributed by atoms with E-state index in [0.29, 0.717) is 4.90 Å². The van der Waals surface area contributed by atoms with E-state index in [1.807, 2.05) is 17.5 Å². The third-order valence-corrected chi connectivity index (χ3v) is 5.80. The van der Waals surface area contributed by atoms with Gasteiger partial charge in [-0.1, -0.05) is 12.1 Å². The Morgan fingerprint density at radius 3 is 2.79 bits per heavy atom. The normalized spacial score (nSPS) is 12.6. The molecule has 0 radical (unpaired) electrons. The summed E-state index contributed by atoms with van der Waals surface area (Å²) in [6.07, 6.45) is 0.830. The van der Waals surface area contributed by atoms with Crippen LogP contribution in [-0.4, -0.2) is 11.8 Å². The molecule has 0 saturated heterocycles. The second kappa shape index (κ2) is 7.40. The summed E-state index contributed by atoms with van der Waals surface area (Å²) >= 11 is 6.68. The summed E-state index contributed by atoms with van der Waals surface area (Å²) in [5, 5.41) is 2.04. The molecule has 0 aliphatic heterocycles.